The largest absolute Gasteiger partial charge is 0.399 e. The van der Waals surface area contributed by atoms with Crippen molar-refractivity contribution in [1.82, 2.24) is 5.32 Å². The van der Waals surface area contributed by atoms with Crippen molar-refractivity contribution in [1.29, 1.82) is 0 Å². The number of halogens is 2. The Hall–Kier alpha value is -0.640. The average Bonchev–Trinajstić information content (AvgIpc) is 2.47. The molecule has 0 amide bonds. The number of rotatable bonds is 1. The highest BCUT2D eigenvalue weighted by Crippen LogP contribution is 2.16. The Labute approximate surface area is 109 Å². The van der Waals surface area contributed by atoms with Gasteiger partial charge in [-0.1, -0.05) is 0 Å². The fourth-order valence-electron chi connectivity index (χ4n) is 1.79. The summed E-state index contributed by atoms with van der Waals surface area (Å²) in [5.41, 5.74) is 7.77. The van der Waals surface area contributed by atoms with Gasteiger partial charge in [0.2, 0.25) is 0 Å². The van der Waals surface area contributed by atoms with Crippen molar-refractivity contribution in [3.05, 3.63) is 24.3 Å². The van der Waals surface area contributed by atoms with Crippen molar-refractivity contribution >= 4 is 36.2 Å². The molecule has 1 aliphatic rings. The summed E-state index contributed by atoms with van der Waals surface area (Å²) in [4.78, 5) is 2.40. The molecule has 3 N–H and O–H groups in total. The fourth-order valence-corrected chi connectivity index (χ4v) is 1.79. The van der Waals surface area contributed by atoms with E-state index in [-0.39, 0.29) is 24.8 Å². The van der Waals surface area contributed by atoms with E-state index >= 15 is 0 Å². The van der Waals surface area contributed by atoms with Gasteiger partial charge in [-0.2, -0.15) is 0 Å². The second-order valence-electron chi connectivity index (χ2n) is 3.68. The van der Waals surface area contributed by atoms with E-state index in [9.17, 15) is 0 Å². The van der Waals surface area contributed by atoms with E-state index in [2.05, 4.69) is 22.3 Å². The molecule has 1 aliphatic heterocycles. The maximum absolute atomic E-state index is 5.66. The number of nitrogens with zero attached hydrogens (tertiary/aromatic N) is 1. The lowest BCUT2D eigenvalue weighted by Crippen LogP contribution is -2.27. The van der Waals surface area contributed by atoms with Gasteiger partial charge in [0.15, 0.2) is 0 Å². The van der Waals surface area contributed by atoms with Gasteiger partial charge >= 0.3 is 0 Å². The molecule has 0 saturated carbocycles. The Balaban J connectivity index is 0.00000112. The third-order valence-corrected chi connectivity index (χ3v) is 2.60. The molecule has 0 aromatic heterocycles. The monoisotopic (exact) mass is 263 g/mol. The van der Waals surface area contributed by atoms with Gasteiger partial charge in [0.25, 0.3) is 0 Å². The second kappa shape index (κ2) is 7.60. The SMILES string of the molecule is Cl.Cl.Nc1ccc(N2CCCNCC2)cc1. The van der Waals surface area contributed by atoms with Gasteiger partial charge in [0.1, 0.15) is 0 Å². The minimum absolute atomic E-state index is 0. The van der Waals surface area contributed by atoms with Crippen LogP contribution in [0.3, 0.4) is 0 Å². The molecule has 1 saturated heterocycles. The summed E-state index contributed by atoms with van der Waals surface area (Å²) < 4.78 is 0. The highest BCUT2D eigenvalue weighted by molar-refractivity contribution is 5.85. The van der Waals surface area contributed by atoms with Gasteiger partial charge < -0.3 is 16.0 Å². The van der Waals surface area contributed by atoms with E-state index in [4.69, 9.17) is 5.73 Å². The van der Waals surface area contributed by atoms with E-state index in [1.807, 2.05) is 12.1 Å². The summed E-state index contributed by atoms with van der Waals surface area (Å²) in [6.45, 7) is 4.43. The average molecular weight is 264 g/mol. The van der Waals surface area contributed by atoms with E-state index < -0.39 is 0 Å². The number of nitrogens with two attached hydrogens (primary N) is 1. The maximum Gasteiger partial charge on any atom is 0.0368 e. The molecule has 0 spiro atoms. The van der Waals surface area contributed by atoms with Crippen molar-refractivity contribution < 1.29 is 0 Å². The summed E-state index contributed by atoms with van der Waals surface area (Å²) in [6, 6.07) is 8.13. The molecule has 0 unspecified atom stereocenters. The third kappa shape index (κ3) is 4.08. The van der Waals surface area contributed by atoms with Crippen molar-refractivity contribution in [3.8, 4) is 0 Å². The van der Waals surface area contributed by atoms with Gasteiger partial charge in [-0.3, -0.25) is 0 Å². The van der Waals surface area contributed by atoms with Crippen molar-refractivity contribution in [2.24, 2.45) is 0 Å². The predicted octanol–water partition coefficient (Wildman–Crippen LogP) is 1.91. The molecule has 0 radical (unpaired) electrons. The van der Waals surface area contributed by atoms with E-state index in [0.29, 0.717) is 0 Å². The zero-order valence-corrected chi connectivity index (χ0v) is 10.8. The molecule has 0 bridgehead atoms. The lowest BCUT2D eigenvalue weighted by atomic mass is 10.2. The summed E-state index contributed by atoms with van der Waals surface area (Å²) in [6.07, 6.45) is 1.21. The molecule has 3 nitrogen and oxygen atoms in total. The van der Waals surface area contributed by atoms with Crippen LogP contribution in [0.5, 0.6) is 0 Å². The Morgan fingerprint density at radius 1 is 1.00 bits per heavy atom. The summed E-state index contributed by atoms with van der Waals surface area (Å²) in [7, 11) is 0. The topological polar surface area (TPSA) is 41.3 Å². The number of hydrogen-bond donors (Lipinski definition) is 2. The zero-order valence-electron chi connectivity index (χ0n) is 9.19. The van der Waals surface area contributed by atoms with Crippen LogP contribution in [-0.4, -0.2) is 26.2 Å². The number of benzene rings is 1. The minimum atomic E-state index is 0. The predicted molar refractivity (Wildman–Crippen MR) is 75.1 cm³/mol. The Morgan fingerprint density at radius 2 is 1.69 bits per heavy atom. The van der Waals surface area contributed by atoms with Crippen LogP contribution in [0, 0.1) is 0 Å². The van der Waals surface area contributed by atoms with Crippen LogP contribution in [-0.2, 0) is 0 Å². The molecule has 1 fully saturated rings. The van der Waals surface area contributed by atoms with Gasteiger partial charge in [-0.25, -0.2) is 0 Å². The molecule has 0 atom stereocenters. The van der Waals surface area contributed by atoms with Crippen LogP contribution >= 0.6 is 24.8 Å². The summed E-state index contributed by atoms with van der Waals surface area (Å²) >= 11 is 0. The molecule has 92 valence electrons. The molecule has 5 heteroatoms. The van der Waals surface area contributed by atoms with Crippen molar-refractivity contribution in [2.75, 3.05) is 36.8 Å². The maximum atomic E-state index is 5.66. The molecule has 16 heavy (non-hydrogen) atoms. The van der Waals surface area contributed by atoms with Gasteiger partial charge in [-0.15, -0.1) is 24.8 Å². The lowest BCUT2D eigenvalue weighted by molar-refractivity contribution is 0.724. The van der Waals surface area contributed by atoms with Crippen LogP contribution in [0.4, 0.5) is 11.4 Å². The van der Waals surface area contributed by atoms with Gasteiger partial charge in [-0.05, 0) is 37.2 Å². The van der Waals surface area contributed by atoms with Crippen LogP contribution in [0.25, 0.3) is 0 Å². The summed E-state index contributed by atoms with van der Waals surface area (Å²) in [5.74, 6) is 0. The van der Waals surface area contributed by atoms with Crippen molar-refractivity contribution in [3.63, 3.8) is 0 Å². The van der Waals surface area contributed by atoms with Crippen molar-refractivity contribution in [2.45, 2.75) is 6.42 Å². The Bertz CT molecular complexity index is 282. The van der Waals surface area contributed by atoms with Crippen LogP contribution in [0.1, 0.15) is 6.42 Å². The molecule has 1 heterocycles. The quantitative estimate of drug-likeness (QED) is 0.761. The first-order valence-corrected chi connectivity index (χ1v) is 5.17. The fraction of sp³-hybridized carbons (Fsp3) is 0.455. The first-order chi connectivity index (χ1) is 6.86. The molecule has 1 aromatic carbocycles. The normalized spacial score (nSPS) is 15.6. The first kappa shape index (κ1) is 15.4. The van der Waals surface area contributed by atoms with Crippen LogP contribution in [0.15, 0.2) is 24.3 Å². The first-order valence-electron chi connectivity index (χ1n) is 5.17. The summed E-state index contributed by atoms with van der Waals surface area (Å²) in [5, 5.41) is 3.39. The molecule has 2 rings (SSSR count). The van der Waals surface area contributed by atoms with Gasteiger partial charge in [0, 0.05) is 31.0 Å². The Kier molecular flexibility index (Phi) is 7.30. The van der Waals surface area contributed by atoms with Crippen LogP contribution in [0.2, 0.25) is 0 Å². The smallest absolute Gasteiger partial charge is 0.0368 e. The number of nitrogens with one attached hydrogen (secondary N) is 1. The molecule has 0 aliphatic carbocycles. The van der Waals surface area contributed by atoms with Gasteiger partial charge in [0.05, 0.1) is 0 Å². The molecule has 1 aromatic rings. The van der Waals surface area contributed by atoms with E-state index in [1.54, 1.807) is 0 Å². The number of hydrogen-bond acceptors (Lipinski definition) is 3. The lowest BCUT2D eigenvalue weighted by Gasteiger charge is -2.22. The molecular formula is C11H19Cl2N3. The second-order valence-corrected chi connectivity index (χ2v) is 3.68. The number of anilines is 2. The highest BCUT2D eigenvalue weighted by atomic mass is 35.5. The Morgan fingerprint density at radius 3 is 2.38 bits per heavy atom. The van der Waals surface area contributed by atoms with Crippen LogP contribution < -0.4 is 16.0 Å². The standard InChI is InChI=1S/C11H17N3.2ClH/c12-10-2-4-11(5-3-10)14-8-1-6-13-7-9-14;;/h2-5,13H,1,6-9,12H2;2*1H. The zero-order chi connectivity index (χ0) is 9.80. The van der Waals surface area contributed by atoms with E-state index in [1.165, 1.54) is 12.1 Å². The highest BCUT2D eigenvalue weighted by Gasteiger charge is 2.08. The van der Waals surface area contributed by atoms with E-state index in [0.717, 1.165) is 31.9 Å². The third-order valence-electron chi connectivity index (χ3n) is 2.60. The molecular weight excluding hydrogens is 245 g/mol. The minimum Gasteiger partial charge on any atom is -0.399 e. The number of nitrogen functional groups attached to an aromatic ring is 1.